The van der Waals surface area contributed by atoms with Crippen molar-refractivity contribution in [2.75, 3.05) is 5.73 Å². The normalized spacial score (nSPS) is 13.3. The molecule has 0 aliphatic heterocycles. The highest BCUT2D eigenvalue weighted by molar-refractivity contribution is 9.10. The van der Waals surface area contributed by atoms with E-state index in [2.05, 4.69) is 27.6 Å². The van der Waals surface area contributed by atoms with Crippen molar-refractivity contribution < 1.29 is 12.8 Å². The molecule has 0 aromatic heterocycles. The molecule has 0 bridgehead atoms. The van der Waals surface area contributed by atoms with E-state index in [0.29, 0.717) is 4.47 Å². The van der Waals surface area contributed by atoms with Gasteiger partial charge in [0.1, 0.15) is 10.7 Å². The molecule has 1 aromatic carbocycles. The monoisotopic (exact) mass is 380 g/mol. The molecule has 0 spiro atoms. The molecule has 4 nitrogen and oxygen atoms in total. The Morgan fingerprint density at radius 1 is 1.33 bits per heavy atom. The molecule has 1 atom stereocenters. The summed E-state index contributed by atoms with van der Waals surface area (Å²) in [5.74, 6) is -0.818. The molecule has 0 saturated carbocycles. The molecule has 120 valence electrons. The first-order valence-electron chi connectivity index (χ1n) is 7.04. The Morgan fingerprint density at radius 3 is 2.62 bits per heavy atom. The van der Waals surface area contributed by atoms with Crippen LogP contribution in [-0.4, -0.2) is 14.5 Å². The maximum absolute atomic E-state index is 13.8. The van der Waals surface area contributed by atoms with Gasteiger partial charge in [-0.3, -0.25) is 0 Å². The van der Waals surface area contributed by atoms with Crippen LogP contribution in [0.5, 0.6) is 0 Å². The highest BCUT2D eigenvalue weighted by Gasteiger charge is 2.22. The van der Waals surface area contributed by atoms with Crippen molar-refractivity contribution in [1.29, 1.82) is 0 Å². The van der Waals surface area contributed by atoms with Gasteiger partial charge in [0.05, 0.1) is 0 Å². The third-order valence-corrected chi connectivity index (χ3v) is 5.48. The number of anilines is 1. The van der Waals surface area contributed by atoms with Crippen LogP contribution in [0.2, 0.25) is 0 Å². The van der Waals surface area contributed by atoms with E-state index in [1.165, 1.54) is 0 Å². The Labute approximate surface area is 134 Å². The van der Waals surface area contributed by atoms with E-state index in [4.69, 9.17) is 5.73 Å². The minimum absolute atomic E-state index is 0.187. The molecule has 0 radical (unpaired) electrons. The van der Waals surface area contributed by atoms with Crippen LogP contribution in [0.4, 0.5) is 10.1 Å². The fraction of sp³-hybridized carbons (Fsp3) is 0.571. The number of sulfonamides is 1. The van der Waals surface area contributed by atoms with Crippen LogP contribution in [0, 0.1) is 5.82 Å². The lowest BCUT2D eigenvalue weighted by atomic mass is 10.1. The summed E-state index contributed by atoms with van der Waals surface area (Å²) >= 11 is 3.07. The van der Waals surface area contributed by atoms with E-state index >= 15 is 0 Å². The number of hydrogen-bond acceptors (Lipinski definition) is 3. The van der Waals surface area contributed by atoms with Gasteiger partial charge in [-0.2, -0.15) is 0 Å². The van der Waals surface area contributed by atoms with Crippen LogP contribution >= 0.6 is 15.9 Å². The minimum Gasteiger partial charge on any atom is -0.398 e. The second-order valence-electron chi connectivity index (χ2n) is 5.18. The third-order valence-electron chi connectivity index (χ3n) is 3.19. The summed E-state index contributed by atoms with van der Waals surface area (Å²) in [6.07, 6.45) is 5.01. The van der Waals surface area contributed by atoms with Crippen LogP contribution in [0.1, 0.15) is 46.0 Å². The Balaban J connectivity index is 2.75. The van der Waals surface area contributed by atoms with Gasteiger partial charge in [0, 0.05) is 16.2 Å². The second kappa shape index (κ2) is 8.10. The molecule has 0 amide bonds. The van der Waals surface area contributed by atoms with Crippen LogP contribution in [0.15, 0.2) is 21.5 Å². The number of benzene rings is 1. The van der Waals surface area contributed by atoms with Crippen molar-refractivity contribution in [3.05, 3.63) is 22.4 Å². The van der Waals surface area contributed by atoms with Gasteiger partial charge in [0.15, 0.2) is 0 Å². The van der Waals surface area contributed by atoms with Crippen molar-refractivity contribution in [2.45, 2.75) is 56.9 Å². The van der Waals surface area contributed by atoms with E-state index in [1.807, 2.05) is 0 Å². The molecule has 3 N–H and O–H groups in total. The van der Waals surface area contributed by atoms with Gasteiger partial charge < -0.3 is 5.73 Å². The highest BCUT2D eigenvalue weighted by Crippen LogP contribution is 2.26. The summed E-state index contributed by atoms with van der Waals surface area (Å²) in [6.45, 7) is 3.90. The van der Waals surface area contributed by atoms with Crippen molar-refractivity contribution in [2.24, 2.45) is 0 Å². The Kier molecular flexibility index (Phi) is 7.09. The molecule has 1 rings (SSSR count). The molecule has 7 heteroatoms. The largest absolute Gasteiger partial charge is 0.398 e. The maximum Gasteiger partial charge on any atom is 0.243 e. The Bertz CT molecular complexity index is 579. The number of rotatable bonds is 8. The van der Waals surface area contributed by atoms with Gasteiger partial charge in [0.25, 0.3) is 0 Å². The number of halogens is 2. The van der Waals surface area contributed by atoms with E-state index in [9.17, 15) is 12.8 Å². The van der Waals surface area contributed by atoms with Crippen LogP contribution in [0.25, 0.3) is 0 Å². The highest BCUT2D eigenvalue weighted by atomic mass is 79.9. The summed E-state index contributed by atoms with van der Waals surface area (Å²) in [4.78, 5) is -0.413. The third kappa shape index (κ3) is 5.56. The second-order valence-corrected chi connectivity index (χ2v) is 7.71. The molecule has 0 aliphatic rings. The molecular formula is C14H22BrFN2O2S. The maximum atomic E-state index is 13.8. The molecule has 1 aromatic rings. The molecule has 0 aliphatic carbocycles. The number of nitrogens with two attached hydrogens (primary N) is 1. The standard InChI is InChI=1S/C14H22BrFN2O2S/c1-3-4-5-6-7-10(2)18-21(19,20)14-9-13(17)11(15)8-12(14)16/h8-10,18H,3-7,17H2,1-2H3. The molecule has 0 heterocycles. The zero-order chi connectivity index (χ0) is 16.0. The number of unbranched alkanes of at least 4 members (excludes halogenated alkanes) is 3. The van der Waals surface area contributed by atoms with Gasteiger partial charge >= 0.3 is 0 Å². The fourth-order valence-electron chi connectivity index (χ4n) is 2.02. The van der Waals surface area contributed by atoms with Gasteiger partial charge in [-0.15, -0.1) is 0 Å². The van der Waals surface area contributed by atoms with Crippen LogP contribution < -0.4 is 10.5 Å². The quantitative estimate of drug-likeness (QED) is 0.531. The average Bonchev–Trinajstić information content (AvgIpc) is 2.38. The smallest absolute Gasteiger partial charge is 0.243 e. The summed E-state index contributed by atoms with van der Waals surface area (Å²) in [6, 6.07) is 1.96. The van der Waals surface area contributed by atoms with Gasteiger partial charge in [-0.05, 0) is 41.4 Å². The van der Waals surface area contributed by atoms with E-state index in [0.717, 1.165) is 44.2 Å². The van der Waals surface area contributed by atoms with Crippen LogP contribution in [0.3, 0.4) is 0 Å². The molecule has 21 heavy (non-hydrogen) atoms. The summed E-state index contributed by atoms with van der Waals surface area (Å²) in [5.41, 5.74) is 5.81. The van der Waals surface area contributed by atoms with E-state index in [1.54, 1.807) is 6.92 Å². The van der Waals surface area contributed by atoms with Gasteiger partial charge in [-0.25, -0.2) is 17.5 Å². The summed E-state index contributed by atoms with van der Waals surface area (Å²) in [7, 11) is -3.90. The number of nitrogens with one attached hydrogen (secondary N) is 1. The SMILES string of the molecule is CCCCCCC(C)NS(=O)(=O)c1cc(N)c(Br)cc1F. The number of hydrogen-bond donors (Lipinski definition) is 2. The lowest BCUT2D eigenvalue weighted by molar-refractivity contribution is 0.515. The van der Waals surface area contributed by atoms with E-state index in [-0.39, 0.29) is 11.7 Å². The van der Waals surface area contributed by atoms with Gasteiger partial charge in [-0.1, -0.05) is 32.6 Å². The fourth-order valence-corrected chi connectivity index (χ4v) is 3.70. The number of nitrogen functional groups attached to an aromatic ring is 1. The zero-order valence-electron chi connectivity index (χ0n) is 12.3. The van der Waals surface area contributed by atoms with Gasteiger partial charge in [0.2, 0.25) is 10.0 Å². The van der Waals surface area contributed by atoms with Crippen molar-refractivity contribution in [3.8, 4) is 0 Å². The first-order valence-corrected chi connectivity index (χ1v) is 9.32. The molecule has 1 unspecified atom stereocenters. The minimum atomic E-state index is -3.90. The lowest BCUT2D eigenvalue weighted by Gasteiger charge is -2.15. The lowest BCUT2D eigenvalue weighted by Crippen LogP contribution is -2.33. The Hall–Kier alpha value is -0.660. The topological polar surface area (TPSA) is 72.2 Å². The van der Waals surface area contributed by atoms with Crippen molar-refractivity contribution in [1.82, 2.24) is 4.72 Å². The zero-order valence-corrected chi connectivity index (χ0v) is 14.7. The predicted octanol–water partition coefficient (Wildman–Crippen LogP) is 3.81. The predicted molar refractivity (Wildman–Crippen MR) is 87.1 cm³/mol. The first kappa shape index (κ1) is 18.4. The Morgan fingerprint density at radius 2 is 2.00 bits per heavy atom. The van der Waals surface area contributed by atoms with Crippen molar-refractivity contribution in [3.63, 3.8) is 0 Å². The molecule has 0 saturated heterocycles. The average molecular weight is 381 g/mol. The van der Waals surface area contributed by atoms with Crippen molar-refractivity contribution >= 4 is 31.6 Å². The van der Waals surface area contributed by atoms with E-state index < -0.39 is 20.7 Å². The summed E-state index contributed by atoms with van der Waals surface area (Å²) in [5, 5.41) is 0. The molecule has 0 fully saturated rings. The van der Waals surface area contributed by atoms with Crippen LogP contribution in [-0.2, 0) is 10.0 Å². The first-order chi connectivity index (χ1) is 9.77. The summed E-state index contributed by atoms with van der Waals surface area (Å²) < 4.78 is 41.0. The molecular weight excluding hydrogens is 359 g/mol.